The van der Waals surface area contributed by atoms with Gasteiger partial charge in [0.1, 0.15) is 11.3 Å². The zero-order valence-electron chi connectivity index (χ0n) is 12.4. The van der Waals surface area contributed by atoms with Gasteiger partial charge < -0.3 is 10.6 Å². The second-order valence-electron chi connectivity index (χ2n) is 5.17. The third-order valence-electron chi connectivity index (χ3n) is 3.42. The van der Waals surface area contributed by atoms with Gasteiger partial charge in [0, 0.05) is 17.3 Å². The highest BCUT2D eigenvalue weighted by atomic mass is 32.2. The SMILES string of the molecule is CSc1nc(N)c2ccc3cnn(CCN(C)C)c3c2n1. The minimum Gasteiger partial charge on any atom is -0.383 e. The molecule has 0 atom stereocenters. The lowest BCUT2D eigenvalue weighted by Gasteiger charge is -2.11. The molecular weight excluding hydrogens is 284 g/mol. The van der Waals surface area contributed by atoms with Crippen molar-refractivity contribution in [2.45, 2.75) is 11.7 Å². The first kappa shape index (κ1) is 14.1. The quantitative estimate of drug-likeness (QED) is 0.585. The molecule has 0 saturated carbocycles. The van der Waals surface area contributed by atoms with Crippen LogP contribution in [0.1, 0.15) is 0 Å². The summed E-state index contributed by atoms with van der Waals surface area (Å²) in [4.78, 5) is 11.1. The molecule has 3 aromatic rings. The molecule has 1 aromatic carbocycles. The molecule has 0 amide bonds. The maximum absolute atomic E-state index is 6.06. The molecule has 0 fully saturated rings. The van der Waals surface area contributed by atoms with Crippen molar-refractivity contribution >= 4 is 39.4 Å². The number of thioether (sulfide) groups is 1. The number of hydrogen-bond donors (Lipinski definition) is 1. The van der Waals surface area contributed by atoms with Crippen molar-refractivity contribution in [1.29, 1.82) is 0 Å². The summed E-state index contributed by atoms with van der Waals surface area (Å²) in [5, 5.41) is 7.13. The smallest absolute Gasteiger partial charge is 0.189 e. The molecule has 0 bridgehead atoms. The van der Waals surface area contributed by atoms with Crippen molar-refractivity contribution < 1.29 is 0 Å². The number of aromatic nitrogens is 4. The number of benzene rings is 1. The number of nitrogens with zero attached hydrogens (tertiary/aromatic N) is 5. The molecule has 0 spiro atoms. The van der Waals surface area contributed by atoms with Crippen LogP contribution >= 0.6 is 11.8 Å². The van der Waals surface area contributed by atoms with Crippen LogP contribution in [0.4, 0.5) is 5.82 Å². The molecule has 6 nitrogen and oxygen atoms in total. The number of fused-ring (bicyclic) bond motifs is 3. The van der Waals surface area contributed by atoms with Crippen molar-refractivity contribution in [2.75, 3.05) is 32.6 Å². The topological polar surface area (TPSA) is 72.9 Å². The second-order valence-corrected chi connectivity index (χ2v) is 5.94. The van der Waals surface area contributed by atoms with Crippen molar-refractivity contribution in [2.24, 2.45) is 0 Å². The van der Waals surface area contributed by atoms with Gasteiger partial charge in [0.2, 0.25) is 0 Å². The van der Waals surface area contributed by atoms with Crippen molar-refractivity contribution in [3.63, 3.8) is 0 Å². The molecule has 2 N–H and O–H groups in total. The molecule has 110 valence electrons. The summed E-state index contributed by atoms with van der Waals surface area (Å²) in [6.07, 6.45) is 3.82. The van der Waals surface area contributed by atoms with E-state index in [-0.39, 0.29) is 0 Å². The largest absolute Gasteiger partial charge is 0.383 e. The summed E-state index contributed by atoms with van der Waals surface area (Å²) in [6, 6.07) is 3.99. The van der Waals surface area contributed by atoms with Gasteiger partial charge in [0.05, 0.1) is 18.3 Å². The summed E-state index contributed by atoms with van der Waals surface area (Å²) < 4.78 is 1.99. The van der Waals surface area contributed by atoms with Crippen LogP contribution in [0.25, 0.3) is 21.8 Å². The number of hydrogen-bond acceptors (Lipinski definition) is 6. The van der Waals surface area contributed by atoms with Gasteiger partial charge in [-0.1, -0.05) is 17.8 Å². The fourth-order valence-corrected chi connectivity index (χ4v) is 2.69. The van der Waals surface area contributed by atoms with Gasteiger partial charge in [-0.25, -0.2) is 9.97 Å². The lowest BCUT2D eigenvalue weighted by molar-refractivity contribution is 0.377. The summed E-state index contributed by atoms with van der Waals surface area (Å²) >= 11 is 1.49. The molecule has 0 aliphatic carbocycles. The molecule has 0 saturated heterocycles. The van der Waals surface area contributed by atoms with Crippen LogP contribution in [0.3, 0.4) is 0 Å². The summed E-state index contributed by atoms with van der Waals surface area (Å²) in [6.45, 7) is 1.73. The molecule has 2 heterocycles. The van der Waals surface area contributed by atoms with Gasteiger partial charge in [-0.3, -0.25) is 4.68 Å². The van der Waals surface area contributed by atoms with Gasteiger partial charge in [-0.05, 0) is 26.4 Å². The molecule has 0 radical (unpaired) electrons. The highest BCUT2D eigenvalue weighted by molar-refractivity contribution is 7.98. The number of anilines is 1. The van der Waals surface area contributed by atoms with Gasteiger partial charge in [-0.15, -0.1) is 0 Å². The maximum atomic E-state index is 6.06. The molecule has 21 heavy (non-hydrogen) atoms. The highest BCUT2D eigenvalue weighted by Gasteiger charge is 2.12. The van der Waals surface area contributed by atoms with Crippen LogP contribution < -0.4 is 5.73 Å². The zero-order chi connectivity index (χ0) is 15.0. The van der Waals surface area contributed by atoms with Crippen LogP contribution in [0.2, 0.25) is 0 Å². The van der Waals surface area contributed by atoms with E-state index >= 15 is 0 Å². The predicted octanol–water partition coefficient (Wildman–Crippen LogP) is 1.85. The first-order chi connectivity index (χ1) is 10.1. The third kappa shape index (κ3) is 2.54. The molecule has 0 aliphatic rings. The Morgan fingerprint density at radius 2 is 2.10 bits per heavy atom. The molecule has 3 rings (SSSR count). The van der Waals surface area contributed by atoms with Crippen molar-refractivity contribution in [3.8, 4) is 0 Å². The molecule has 0 unspecified atom stereocenters. The van der Waals surface area contributed by atoms with Crippen LogP contribution in [-0.2, 0) is 6.54 Å². The lowest BCUT2D eigenvalue weighted by atomic mass is 10.1. The Hall–Kier alpha value is -1.86. The minimum absolute atomic E-state index is 0.520. The Morgan fingerprint density at radius 3 is 2.81 bits per heavy atom. The van der Waals surface area contributed by atoms with Crippen LogP contribution in [0, 0.1) is 0 Å². The second kappa shape index (κ2) is 5.50. The van der Waals surface area contributed by atoms with Crippen molar-refractivity contribution in [3.05, 3.63) is 18.3 Å². The van der Waals surface area contributed by atoms with Gasteiger partial charge >= 0.3 is 0 Å². The Kier molecular flexibility index (Phi) is 3.69. The molecule has 0 aliphatic heterocycles. The standard InChI is InChI=1S/C14H18N6S/c1-19(2)6-7-20-12-9(8-16-20)4-5-10-11(12)17-14(21-3)18-13(10)15/h4-5,8H,6-7H2,1-3H3,(H2,15,17,18). The first-order valence-corrected chi connectivity index (χ1v) is 7.93. The zero-order valence-corrected chi connectivity index (χ0v) is 13.2. The highest BCUT2D eigenvalue weighted by Crippen LogP contribution is 2.28. The Bertz CT molecular complexity index is 795. The first-order valence-electron chi connectivity index (χ1n) is 6.70. The van der Waals surface area contributed by atoms with E-state index in [2.05, 4.69) is 34.1 Å². The Balaban J connectivity index is 2.24. The molecular formula is C14H18N6S. The third-order valence-corrected chi connectivity index (χ3v) is 3.97. The number of rotatable bonds is 4. The van der Waals surface area contributed by atoms with Gasteiger partial charge in [0.15, 0.2) is 5.16 Å². The van der Waals surface area contributed by atoms with Gasteiger partial charge in [0.25, 0.3) is 0 Å². The normalized spacial score (nSPS) is 11.8. The van der Waals surface area contributed by atoms with E-state index in [1.165, 1.54) is 11.8 Å². The summed E-state index contributed by atoms with van der Waals surface area (Å²) in [5.74, 6) is 0.520. The van der Waals surface area contributed by atoms with E-state index in [0.717, 1.165) is 34.9 Å². The van der Waals surface area contributed by atoms with E-state index in [0.29, 0.717) is 11.0 Å². The number of likely N-dealkylation sites (N-methyl/N-ethyl adjacent to an activating group) is 1. The van der Waals surface area contributed by atoms with E-state index < -0.39 is 0 Å². The number of nitrogens with two attached hydrogens (primary N) is 1. The molecule has 2 aromatic heterocycles. The van der Waals surface area contributed by atoms with E-state index in [1.807, 2.05) is 29.3 Å². The van der Waals surface area contributed by atoms with Gasteiger partial charge in [-0.2, -0.15) is 5.10 Å². The van der Waals surface area contributed by atoms with Crippen LogP contribution in [0.5, 0.6) is 0 Å². The number of nitrogen functional groups attached to an aromatic ring is 1. The minimum atomic E-state index is 0.520. The van der Waals surface area contributed by atoms with E-state index in [9.17, 15) is 0 Å². The maximum Gasteiger partial charge on any atom is 0.189 e. The van der Waals surface area contributed by atoms with E-state index in [4.69, 9.17) is 5.73 Å². The van der Waals surface area contributed by atoms with Crippen LogP contribution in [-0.4, -0.2) is 51.5 Å². The monoisotopic (exact) mass is 302 g/mol. The predicted molar refractivity (Wildman–Crippen MR) is 87.6 cm³/mol. The van der Waals surface area contributed by atoms with Crippen molar-refractivity contribution in [1.82, 2.24) is 24.6 Å². The van der Waals surface area contributed by atoms with Crippen LogP contribution in [0.15, 0.2) is 23.5 Å². The fraction of sp³-hybridized carbons (Fsp3) is 0.357. The summed E-state index contributed by atoms with van der Waals surface area (Å²) in [5.41, 5.74) is 7.96. The van der Waals surface area contributed by atoms with E-state index in [1.54, 1.807) is 0 Å². The lowest BCUT2D eigenvalue weighted by Crippen LogP contribution is -2.19. The Morgan fingerprint density at radius 1 is 1.29 bits per heavy atom. The average Bonchev–Trinajstić information content (AvgIpc) is 2.88. The summed E-state index contributed by atoms with van der Waals surface area (Å²) in [7, 11) is 4.10. The molecule has 7 heteroatoms. The fourth-order valence-electron chi connectivity index (χ4n) is 2.32. The Labute approximate surface area is 127 Å². The average molecular weight is 302 g/mol.